The number of hydrogen-bond acceptors (Lipinski definition) is 8. The molecule has 1 aromatic carbocycles. The zero-order valence-electron chi connectivity index (χ0n) is 19.6. The smallest absolute Gasteiger partial charge is 0.253 e. The molecule has 10 heteroatoms. The minimum absolute atomic E-state index is 0.0845. The molecule has 0 saturated carbocycles. The number of piperidine rings is 1. The summed E-state index contributed by atoms with van der Waals surface area (Å²) in [6.07, 6.45) is -3.53. The maximum Gasteiger partial charge on any atom is 0.253 e. The van der Waals surface area contributed by atoms with Crippen LogP contribution in [0.5, 0.6) is 0 Å². The summed E-state index contributed by atoms with van der Waals surface area (Å²) >= 11 is 0. The number of aromatic amines is 1. The molecule has 2 aromatic rings. The topological polar surface area (TPSA) is 145 Å². The second kappa shape index (κ2) is 8.98. The highest BCUT2D eigenvalue weighted by Gasteiger charge is 2.51. The van der Waals surface area contributed by atoms with Crippen molar-refractivity contribution in [3.05, 3.63) is 60.0 Å². The van der Waals surface area contributed by atoms with E-state index in [1.807, 2.05) is 23.1 Å². The highest BCUT2D eigenvalue weighted by atomic mass is 16.8. The first kappa shape index (κ1) is 23.7. The van der Waals surface area contributed by atoms with Crippen LogP contribution >= 0.6 is 0 Å². The second-order valence-electron chi connectivity index (χ2n) is 9.89. The number of carbonyl (C=O) groups is 1. The van der Waals surface area contributed by atoms with Gasteiger partial charge in [0.2, 0.25) is 6.29 Å². The number of aliphatic hydroxyl groups excluding tert-OH is 4. The van der Waals surface area contributed by atoms with Crippen LogP contribution in [0.1, 0.15) is 23.7 Å². The van der Waals surface area contributed by atoms with Crippen LogP contribution in [0.3, 0.4) is 0 Å². The van der Waals surface area contributed by atoms with Crippen molar-refractivity contribution in [1.82, 2.24) is 9.88 Å². The maximum absolute atomic E-state index is 13.5. The van der Waals surface area contributed by atoms with E-state index in [1.54, 1.807) is 6.08 Å². The monoisotopic (exact) mass is 498 g/mol. The van der Waals surface area contributed by atoms with Gasteiger partial charge in [0.25, 0.3) is 5.91 Å². The molecule has 4 aliphatic heterocycles. The summed E-state index contributed by atoms with van der Waals surface area (Å²) in [5.41, 5.74) is 3.89. The number of aromatic nitrogens is 1. The number of rotatable bonds is 4. The van der Waals surface area contributed by atoms with E-state index in [0.717, 1.165) is 17.6 Å². The first-order chi connectivity index (χ1) is 17.4. The van der Waals surface area contributed by atoms with Gasteiger partial charge in [0.05, 0.1) is 24.5 Å². The zero-order chi connectivity index (χ0) is 25.1. The van der Waals surface area contributed by atoms with Gasteiger partial charge in [-0.2, -0.15) is 0 Å². The molecule has 9 atom stereocenters. The summed E-state index contributed by atoms with van der Waals surface area (Å²) in [4.78, 5) is 19.0. The standard InChI is InChI=1S/C26H30N2O8/c1-2-12-15-9-18-20-14(13-5-3-4-6-17(13)27-20)7-8-28(18)24(33)16(15)11-34-25(12)36-26-23(32)22(31)21(30)19(10-29)35-26/h2-6,11-12,15,18-19,21-23,25-27,29-32H,1,7-10H2/t12-,15-,18+,19-,21-,22+,23-,25+,26+/m1/s1. The number of benzene rings is 1. The number of para-hydroxylation sites is 1. The van der Waals surface area contributed by atoms with E-state index < -0.39 is 49.5 Å². The summed E-state index contributed by atoms with van der Waals surface area (Å²) < 4.78 is 17.2. The highest BCUT2D eigenvalue weighted by molar-refractivity contribution is 5.96. The van der Waals surface area contributed by atoms with E-state index in [4.69, 9.17) is 14.2 Å². The molecule has 192 valence electrons. The summed E-state index contributed by atoms with van der Waals surface area (Å²) in [6.45, 7) is 4.01. The van der Waals surface area contributed by atoms with Crippen molar-refractivity contribution in [3.63, 3.8) is 0 Å². The van der Waals surface area contributed by atoms with Crippen molar-refractivity contribution in [3.8, 4) is 0 Å². The average Bonchev–Trinajstić information content (AvgIpc) is 3.28. The van der Waals surface area contributed by atoms with E-state index in [0.29, 0.717) is 18.5 Å². The lowest BCUT2D eigenvalue weighted by molar-refractivity contribution is -0.339. The van der Waals surface area contributed by atoms with E-state index in [-0.39, 0.29) is 17.9 Å². The van der Waals surface area contributed by atoms with Crippen LogP contribution in [-0.4, -0.2) is 86.4 Å². The Morgan fingerprint density at radius 3 is 2.75 bits per heavy atom. The molecular formula is C26H30N2O8. The highest BCUT2D eigenvalue weighted by Crippen LogP contribution is 2.48. The summed E-state index contributed by atoms with van der Waals surface area (Å²) in [6, 6.07) is 8.01. The number of carbonyl (C=O) groups excluding carboxylic acids is 1. The van der Waals surface area contributed by atoms with Crippen LogP contribution in [0.4, 0.5) is 0 Å². The number of amides is 1. The molecule has 36 heavy (non-hydrogen) atoms. The second-order valence-corrected chi connectivity index (χ2v) is 9.89. The van der Waals surface area contributed by atoms with Crippen molar-refractivity contribution in [2.45, 2.75) is 55.9 Å². The number of nitrogens with one attached hydrogen (secondary N) is 1. The third-order valence-corrected chi connectivity index (χ3v) is 8.04. The SMILES string of the molecule is C=C[C@H]1[C@H](O[C@@H]2O[C@H](CO)[C@@H](O)[C@H](O)[C@H]2O)OC=C2C(=O)N3CCc4c([nH]c5ccccc45)[C@@H]3C[C@@H]21. The molecule has 5 N–H and O–H groups in total. The number of H-pyrrole nitrogens is 1. The Labute approximate surface area is 207 Å². The molecule has 0 radical (unpaired) electrons. The summed E-state index contributed by atoms with van der Waals surface area (Å²) in [7, 11) is 0. The molecule has 2 saturated heterocycles. The molecule has 2 fully saturated rings. The average molecular weight is 499 g/mol. The fraction of sp³-hybridized carbons (Fsp3) is 0.500. The summed E-state index contributed by atoms with van der Waals surface area (Å²) in [5, 5.41) is 41.3. The van der Waals surface area contributed by atoms with Gasteiger partial charge >= 0.3 is 0 Å². The lowest BCUT2D eigenvalue weighted by Gasteiger charge is -2.48. The molecule has 0 unspecified atom stereocenters. The molecule has 0 bridgehead atoms. The first-order valence-electron chi connectivity index (χ1n) is 12.3. The molecular weight excluding hydrogens is 468 g/mol. The molecule has 1 aromatic heterocycles. The normalized spacial score (nSPS) is 38.0. The Kier molecular flexibility index (Phi) is 5.90. The fourth-order valence-electron chi connectivity index (χ4n) is 6.13. The van der Waals surface area contributed by atoms with Gasteiger partial charge in [-0.3, -0.25) is 4.79 Å². The quantitative estimate of drug-likeness (QED) is 0.383. The number of ether oxygens (including phenoxy) is 3. The van der Waals surface area contributed by atoms with Crippen LogP contribution in [0.2, 0.25) is 0 Å². The molecule has 0 spiro atoms. The van der Waals surface area contributed by atoms with Crippen LogP contribution in [-0.2, 0) is 25.4 Å². The van der Waals surface area contributed by atoms with Crippen molar-refractivity contribution in [2.24, 2.45) is 11.8 Å². The van der Waals surface area contributed by atoms with Crippen LogP contribution in [0.25, 0.3) is 10.9 Å². The van der Waals surface area contributed by atoms with E-state index in [9.17, 15) is 25.2 Å². The Morgan fingerprint density at radius 1 is 1.17 bits per heavy atom. The van der Waals surface area contributed by atoms with Gasteiger partial charge in [-0.15, -0.1) is 6.58 Å². The molecule has 6 rings (SSSR count). The van der Waals surface area contributed by atoms with Crippen LogP contribution in [0.15, 0.2) is 48.8 Å². The predicted octanol–water partition coefficient (Wildman–Crippen LogP) is 0.473. The van der Waals surface area contributed by atoms with Crippen molar-refractivity contribution in [2.75, 3.05) is 13.2 Å². The largest absolute Gasteiger partial charge is 0.471 e. The van der Waals surface area contributed by atoms with Gasteiger partial charge in [-0.05, 0) is 24.5 Å². The van der Waals surface area contributed by atoms with Gasteiger partial charge in [0.1, 0.15) is 24.4 Å². The lowest BCUT2D eigenvalue weighted by Crippen LogP contribution is -2.60. The third-order valence-electron chi connectivity index (χ3n) is 8.04. The number of nitrogens with zero attached hydrogens (tertiary/aromatic N) is 1. The Bertz CT molecular complexity index is 1210. The summed E-state index contributed by atoms with van der Waals surface area (Å²) in [5.74, 6) is -0.783. The van der Waals surface area contributed by atoms with Crippen LogP contribution in [0, 0.1) is 11.8 Å². The molecule has 5 heterocycles. The van der Waals surface area contributed by atoms with Gasteiger partial charge in [-0.1, -0.05) is 24.3 Å². The van der Waals surface area contributed by atoms with Gasteiger partial charge in [-0.25, -0.2) is 0 Å². The van der Waals surface area contributed by atoms with Gasteiger partial charge < -0.3 is 44.5 Å². The molecule has 4 aliphatic rings. The maximum atomic E-state index is 13.5. The Morgan fingerprint density at radius 2 is 1.97 bits per heavy atom. The van der Waals surface area contributed by atoms with Crippen molar-refractivity contribution in [1.29, 1.82) is 0 Å². The number of fused-ring (bicyclic) bond motifs is 6. The Hall–Kier alpha value is -2.73. The molecule has 1 amide bonds. The van der Waals surface area contributed by atoms with Crippen LogP contribution < -0.4 is 0 Å². The zero-order valence-corrected chi connectivity index (χ0v) is 19.6. The predicted molar refractivity (Wildman–Crippen MR) is 126 cm³/mol. The minimum Gasteiger partial charge on any atom is -0.471 e. The van der Waals surface area contributed by atoms with E-state index in [2.05, 4.69) is 17.6 Å². The first-order valence-corrected chi connectivity index (χ1v) is 12.3. The van der Waals surface area contributed by atoms with Gasteiger partial charge in [0, 0.05) is 35.0 Å². The number of hydrogen-bond donors (Lipinski definition) is 5. The minimum atomic E-state index is -1.56. The fourth-order valence-corrected chi connectivity index (χ4v) is 6.13. The molecule has 0 aliphatic carbocycles. The van der Waals surface area contributed by atoms with Crippen molar-refractivity contribution >= 4 is 16.8 Å². The number of aliphatic hydroxyl groups is 4. The van der Waals surface area contributed by atoms with E-state index >= 15 is 0 Å². The third kappa shape index (κ3) is 3.52. The van der Waals surface area contributed by atoms with Gasteiger partial charge in [0.15, 0.2) is 6.29 Å². The van der Waals surface area contributed by atoms with Crippen molar-refractivity contribution < 1.29 is 39.4 Å². The lowest BCUT2D eigenvalue weighted by atomic mass is 9.74. The molecule has 10 nitrogen and oxygen atoms in total. The Balaban J connectivity index is 1.28. The van der Waals surface area contributed by atoms with E-state index in [1.165, 1.54) is 17.2 Å².